The molecule has 2 aromatic carbocycles. The minimum absolute atomic E-state index is 1.31. The van der Waals surface area contributed by atoms with Crippen molar-refractivity contribution < 1.29 is 0 Å². The van der Waals surface area contributed by atoms with Crippen molar-refractivity contribution in [2.45, 2.75) is 6.92 Å². The zero-order chi connectivity index (χ0) is 11.9. The number of nitrogens with zero attached hydrogens (tertiary/aromatic N) is 1. The van der Waals surface area contributed by atoms with E-state index in [1.54, 1.807) is 0 Å². The third kappa shape index (κ3) is 2.03. The van der Waals surface area contributed by atoms with Crippen molar-refractivity contribution in [1.82, 2.24) is 0 Å². The molecule has 0 aromatic heterocycles. The predicted molar refractivity (Wildman–Crippen MR) is 88.4 cm³/mol. The van der Waals surface area contributed by atoms with Crippen molar-refractivity contribution in [2.75, 3.05) is 19.0 Å². The van der Waals surface area contributed by atoms with Crippen molar-refractivity contribution in [3.63, 3.8) is 0 Å². The fraction of sp³-hybridized carbons (Fsp3) is 0.231. The maximum atomic E-state index is 2.41. The molecular formula is C13H13I2N. The number of benzene rings is 2. The minimum Gasteiger partial charge on any atom is -0.376 e. The highest BCUT2D eigenvalue weighted by atomic mass is 127. The smallest absolute Gasteiger partial charge is 0.0579 e. The van der Waals surface area contributed by atoms with Gasteiger partial charge in [0.2, 0.25) is 0 Å². The maximum Gasteiger partial charge on any atom is 0.0579 e. The van der Waals surface area contributed by atoms with E-state index in [2.05, 4.69) is 95.4 Å². The largest absolute Gasteiger partial charge is 0.376 e. The minimum atomic E-state index is 1.31. The molecule has 0 atom stereocenters. The fourth-order valence-corrected chi connectivity index (χ4v) is 3.34. The van der Waals surface area contributed by atoms with Crippen LogP contribution in [0.4, 0.5) is 5.69 Å². The van der Waals surface area contributed by atoms with Gasteiger partial charge in [0.25, 0.3) is 0 Å². The molecule has 2 rings (SSSR count). The highest BCUT2D eigenvalue weighted by Crippen LogP contribution is 2.34. The van der Waals surface area contributed by atoms with Gasteiger partial charge in [-0.05, 0) is 75.2 Å². The van der Waals surface area contributed by atoms with Crippen LogP contribution in [0.5, 0.6) is 0 Å². The van der Waals surface area contributed by atoms with Gasteiger partial charge < -0.3 is 4.90 Å². The van der Waals surface area contributed by atoms with E-state index in [1.807, 2.05) is 0 Å². The van der Waals surface area contributed by atoms with Crippen molar-refractivity contribution in [3.05, 3.63) is 37.0 Å². The van der Waals surface area contributed by atoms with Gasteiger partial charge >= 0.3 is 0 Å². The predicted octanol–water partition coefficient (Wildman–Crippen LogP) is 4.42. The van der Waals surface area contributed by atoms with E-state index in [1.165, 1.54) is 29.2 Å². The van der Waals surface area contributed by atoms with Gasteiger partial charge in [0, 0.05) is 26.6 Å². The number of rotatable bonds is 1. The summed E-state index contributed by atoms with van der Waals surface area (Å²) < 4.78 is 2.63. The van der Waals surface area contributed by atoms with Gasteiger partial charge in [-0.3, -0.25) is 0 Å². The molecule has 0 N–H and O–H groups in total. The lowest BCUT2D eigenvalue weighted by Gasteiger charge is -2.19. The van der Waals surface area contributed by atoms with E-state index in [0.717, 1.165) is 0 Å². The third-order valence-corrected chi connectivity index (χ3v) is 4.79. The molecular weight excluding hydrogens is 424 g/mol. The second-order valence-corrected chi connectivity index (χ2v) is 6.39. The Morgan fingerprint density at radius 1 is 0.938 bits per heavy atom. The summed E-state index contributed by atoms with van der Waals surface area (Å²) in [5, 5.41) is 2.70. The van der Waals surface area contributed by atoms with E-state index in [-0.39, 0.29) is 0 Å². The van der Waals surface area contributed by atoms with Crippen molar-refractivity contribution in [1.29, 1.82) is 0 Å². The van der Waals surface area contributed by atoms with Crippen LogP contribution in [0.15, 0.2) is 24.3 Å². The molecule has 0 fully saturated rings. The van der Waals surface area contributed by atoms with Gasteiger partial charge in [0.05, 0.1) is 5.69 Å². The molecule has 0 heterocycles. The van der Waals surface area contributed by atoms with E-state index in [4.69, 9.17) is 0 Å². The molecule has 0 aliphatic rings. The average molecular weight is 437 g/mol. The van der Waals surface area contributed by atoms with Crippen LogP contribution in [0.3, 0.4) is 0 Å². The number of fused-ring (bicyclic) bond motifs is 1. The van der Waals surface area contributed by atoms with Crippen LogP contribution in [0.2, 0.25) is 0 Å². The normalized spacial score (nSPS) is 10.8. The summed E-state index contributed by atoms with van der Waals surface area (Å²) in [6.07, 6.45) is 0. The third-order valence-electron chi connectivity index (χ3n) is 2.75. The lowest BCUT2D eigenvalue weighted by molar-refractivity contribution is 1.13. The first-order valence-electron chi connectivity index (χ1n) is 5.07. The Balaban J connectivity index is 2.95. The zero-order valence-electron chi connectivity index (χ0n) is 9.51. The van der Waals surface area contributed by atoms with E-state index >= 15 is 0 Å². The van der Waals surface area contributed by atoms with Crippen LogP contribution >= 0.6 is 45.2 Å². The molecule has 0 saturated heterocycles. The Morgan fingerprint density at radius 2 is 1.50 bits per heavy atom. The van der Waals surface area contributed by atoms with Gasteiger partial charge in [-0.1, -0.05) is 12.1 Å². The maximum absolute atomic E-state index is 2.41. The summed E-state index contributed by atoms with van der Waals surface area (Å²) >= 11 is 4.81. The average Bonchev–Trinajstić information content (AvgIpc) is 2.23. The number of halogens is 2. The SMILES string of the molecule is Cc1c(I)ccc2ccc(I)c(N(C)C)c12. The van der Waals surface area contributed by atoms with Crippen LogP contribution in [-0.4, -0.2) is 14.1 Å². The Labute approximate surface area is 123 Å². The van der Waals surface area contributed by atoms with Gasteiger partial charge in [0.1, 0.15) is 0 Å². The van der Waals surface area contributed by atoms with Gasteiger partial charge in [-0.2, -0.15) is 0 Å². The number of aryl methyl sites for hydroxylation is 1. The van der Waals surface area contributed by atoms with Gasteiger partial charge in [-0.15, -0.1) is 0 Å². The summed E-state index contributed by atoms with van der Waals surface area (Å²) in [6, 6.07) is 8.77. The summed E-state index contributed by atoms with van der Waals surface area (Å²) in [6.45, 7) is 2.20. The number of anilines is 1. The Bertz CT molecular complexity index is 542. The monoisotopic (exact) mass is 437 g/mol. The molecule has 0 amide bonds. The number of hydrogen-bond acceptors (Lipinski definition) is 1. The molecule has 0 aliphatic heterocycles. The van der Waals surface area contributed by atoms with E-state index < -0.39 is 0 Å². The van der Waals surface area contributed by atoms with Crippen molar-refractivity contribution >= 4 is 61.6 Å². The molecule has 2 aromatic rings. The first-order chi connectivity index (χ1) is 7.52. The highest BCUT2D eigenvalue weighted by molar-refractivity contribution is 14.1. The summed E-state index contributed by atoms with van der Waals surface area (Å²) in [5.41, 5.74) is 2.70. The van der Waals surface area contributed by atoms with Gasteiger partial charge in [-0.25, -0.2) is 0 Å². The Kier molecular flexibility index (Phi) is 3.63. The molecule has 16 heavy (non-hydrogen) atoms. The molecule has 0 spiro atoms. The second kappa shape index (κ2) is 4.68. The first kappa shape index (κ1) is 12.4. The lowest BCUT2D eigenvalue weighted by atomic mass is 10.0. The van der Waals surface area contributed by atoms with E-state index in [0.29, 0.717) is 0 Å². The summed E-state index contributed by atoms with van der Waals surface area (Å²) in [7, 11) is 4.21. The van der Waals surface area contributed by atoms with Crippen molar-refractivity contribution in [2.24, 2.45) is 0 Å². The van der Waals surface area contributed by atoms with Crippen LogP contribution in [0.25, 0.3) is 10.8 Å². The zero-order valence-corrected chi connectivity index (χ0v) is 13.8. The van der Waals surface area contributed by atoms with Gasteiger partial charge in [0.15, 0.2) is 0 Å². The van der Waals surface area contributed by atoms with Crippen LogP contribution in [0.1, 0.15) is 5.56 Å². The first-order valence-corrected chi connectivity index (χ1v) is 7.22. The molecule has 1 nitrogen and oxygen atoms in total. The lowest BCUT2D eigenvalue weighted by Crippen LogP contribution is -2.11. The fourth-order valence-electron chi connectivity index (χ4n) is 1.96. The Morgan fingerprint density at radius 3 is 2.06 bits per heavy atom. The highest BCUT2D eigenvalue weighted by Gasteiger charge is 2.11. The molecule has 0 radical (unpaired) electrons. The molecule has 0 bridgehead atoms. The summed E-state index contributed by atoms with van der Waals surface area (Å²) in [5.74, 6) is 0. The molecule has 0 aliphatic carbocycles. The van der Waals surface area contributed by atoms with Crippen LogP contribution < -0.4 is 4.90 Å². The van der Waals surface area contributed by atoms with E-state index in [9.17, 15) is 0 Å². The molecule has 0 unspecified atom stereocenters. The second-order valence-electron chi connectivity index (χ2n) is 4.06. The molecule has 84 valence electrons. The topological polar surface area (TPSA) is 3.24 Å². The molecule has 0 saturated carbocycles. The van der Waals surface area contributed by atoms with Crippen LogP contribution in [0, 0.1) is 14.1 Å². The van der Waals surface area contributed by atoms with Crippen LogP contribution in [-0.2, 0) is 0 Å². The van der Waals surface area contributed by atoms with Crippen molar-refractivity contribution in [3.8, 4) is 0 Å². The quantitative estimate of drug-likeness (QED) is 0.598. The summed E-state index contributed by atoms with van der Waals surface area (Å²) in [4.78, 5) is 2.20. The Hall–Kier alpha value is -0.0400. The molecule has 3 heteroatoms. The standard InChI is InChI=1S/C13H13I2N/c1-8-10(14)6-4-9-5-7-11(15)13(12(8)9)16(2)3/h4-7H,1-3H3. The number of hydrogen-bond donors (Lipinski definition) is 0.